The number of benzene rings is 1. The molecule has 0 radical (unpaired) electrons. The Hall–Kier alpha value is -1.76. The Morgan fingerprint density at radius 3 is 2.65 bits per heavy atom. The van der Waals surface area contributed by atoms with E-state index in [4.69, 9.17) is 10.5 Å². The van der Waals surface area contributed by atoms with Crippen molar-refractivity contribution in [3.8, 4) is 5.75 Å². The first-order chi connectivity index (χ1) is 7.81. The van der Waals surface area contributed by atoms with E-state index in [0.717, 1.165) is 6.26 Å². The second kappa shape index (κ2) is 5.05. The molecule has 0 spiro atoms. The number of carbonyl (C=O) groups excluding carboxylic acids is 1. The summed E-state index contributed by atoms with van der Waals surface area (Å²) in [7, 11) is -1.92. The van der Waals surface area contributed by atoms with E-state index in [1.807, 2.05) is 0 Å². The molecule has 1 amide bonds. The minimum absolute atomic E-state index is 0.348. The summed E-state index contributed by atoms with van der Waals surface area (Å²) < 4.78 is 26.9. The molecule has 94 valence electrons. The first kappa shape index (κ1) is 13.3. The highest BCUT2D eigenvalue weighted by molar-refractivity contribution is 7.91. The summed E-state index contributed by atoms with van der Waals surface area (Å²) in [5.41, 5.74) is 6.35. The molecule has 0 saturated carbocycles. The number of anilines is 2. The van der Waals surface area contributed by atoms with Gasteiger partial charge in [-0.25, -0.2) is 8.42 Å². The maximum atomic E-state index is 11.4. The number of nitrogens with two attached hydrogens (primary N) is 1. The first-order valence-electron chi connectivity index (χ1n) is 4.73. The van der Waals surface area contributed by atoms with Gasteiger partial charge in [0, 0.05) is 11.9 Å². The first-order valence-corrected chi connectivity index (χ1v) is 6.79. The molecular weight excluding hydrogens is 244 g/mol. The SMILES string of the molecule is COc1ccc(N)cc1NC(=O)CS(C)(=O)=O. The molecule has 3 N–H and O–H groups in total. The van der Waals surface area contributed by atoms with Crippen LogP contribution in [0.25, 0.3) is 0 Å². The summed E-state index contributed by atoms with van der Waals surface area (Å²) in [6.45, 7) is 0. The third kappa shape index (κ3) is 4.31. The van der Waals surface area contributed by atoms with Gasteiger partial charge >= 0.3 is 0 Å². The van der Waals surface area contributed by atoms with Gasteiger partial charge in [-0.2, -0.15) is 0 Å². The van der Waals surface area contributed by atoms with Crippen LogP contribution in [-0.2, 0) is 14.6 Å². The largest absolute Gasteiger partial charge is 0.495 e. The molecule has 1 aromatic rings. The number of carbonyl (C=O) groups is 1. The highest BCUT2D eigenvalue weighted by atomic mass is 32.2. The summed E-state index contributed by atoms with van der Waals surface area (Å²) in [4.78, 5) is 11.4. The smallest absolute Gasteiger partial charge is 0.239 e. The van der Waals surface area contributed by atoms with Gasteiger partial charge in [0.1, 0.15) is 11.5 Å². The van der Waals surface area contributed by atoms with Crippen LogP contribution in [0.1, 0.15) is 0 Å². The minimum Gasteiger partial charge on any atom is -0.495 e. The summed E-state index contributed by atoms with van der Waals surface area (Å²) in [6, 6.07) is 4.70. The Morgan fingerprint density at radius 2 is 2.12 bits per heavy atom. The average molecular weight is 258 g/mol. The summed E-state index contributed by atoms with van der Waals surface area (Å²) in [5.74, 6) is -0.789. The fourth-order valence-corrected chi connectivity index (χ4v) is 1.80. The molecular formula is C10H14N2O4S. The highest BCUT2D eigenvalue weighted by Crippen LogP contribution is 2.26. The van der Waals surface area contributed by atoms with E-state index in [9.17, 15) is 13.2 Å². The molecule has 0 unspecified atom stereocenters. The molecule has 0 atom stereocenters. The zero-order valence-corrected chi connectivity index (χ0v) is 10.4. The van der Waals surface area contributed by atoms with E-state index in [0.29, 0.717) is 17.1 Å². The van der Waals surface area contributed by atoms with Crippen LogP contribution in [0.15, 0.2) is 18.2 Å². The number of hydrogen-bond acceptors (Lipinski definition) is 5. The van der Waals surface area contributed by atoms with E-state index in [-0.39, 0.29) is 0 Å². The monoisotopic (exact) mass is 258 g/mol. The molecule has 17 heavy (non-hydrogen) atoms. The predicted molar refractivity (Wildman–Crippen MR) is 65.7 cm³/mol. The molecule has 1 rings (SSSR count). The summed E-state index contributed by atoms with van der Waals surface area (Å²) in [5, 5.41) is 2.44. The van der Waals surface area contributed by atoms with Crippen LogP contribution in [0, 0.1) is 0 Å². The number of nitrogen functional groups attached to an aromatic ring is 1. The molecule has 0 aliphatic heterocycles. The standard InChI is InChI=1S/C10H14N2O4S/c1-16-9-4-3-7(11)5-8(9)12-10(13)6-17(2,14)15/h3-5H,6,11H2,1-2H3,(H,12,13). The van der Waals surface area contributed by atoms with Gasteiger partial charge in [0.25, 0.3) is 0 Å². The average Bonchev–Trinajstić information content (AvgIpc) is 2.14. The Balaban J connectivity index is 2.87. The molecule has 0 saturated heterocycles. The van der Waals surface area contributed by atoms with Crippen molar-refractivity contribution in [2.75, 3.05) is 30.2 Å². The lowest BCUT2D eigenvalue weighted by Gasteiger charge is -2.10. The Bertz CT molecular complexity index is 525. The molecule has 0 heterocycles. The molecule has 1 aromatic carbocycles. The maximum Gasteiger partial charge on any atom is 0.239 e. The second-order valence-electron chi connectivity index (χ2n) is 3.58. The number of ether oxygens (including phenoxy) is 1. The van der Waals surface area contributed by atoms with Gasteiger partial charge in [0.05, 0.1) is 12.8 Å². The van der Waals surface area contributed by atoms with E-state index < -0.39 is 21.5 Å². The van der Waals surface area contributed by atoms with Gasteiger partial charge in [0.15, 0.2) is 9.84 Å². The van der Waals surface area contributed by atoms with Crippen LogP contribution in [0.3, 0.4) is 0 Å². The van der Waals surface area contributed by atoms with E-state index in [2.05, 4.69) is 5.32 Å². The van der Waals surface area contributed by atoms with E-state index in [1.54, 1.807) is 12.1 Å². The Labute approximate surface area is 99.7 Å². The number of amides is 1. The van der Waals surface area contributed by atoms with Gasteiger partial charge in [-0.05, 0) is 18.2 Å². The molecule has 0 fully saturated rings. The van der Waals surface area contributed by atoms with Crippen LogP contribution >= 0.6 is 0 Å². The van der Waals surface area contributed by atoms with Crippen molar-refractivity contribution in [1.29, 1.82) is 0 Å². The fourth-order valence-electron chi connectivity index (χ4n) is 1.25. The van der Waals surface area contributed by atoms with Crippen LogP contribution < -0.4 is 15.8 Å². The molecule has 0 aliphatic rings. The maximum absolute atomic E-state index is 11.4. The van der Waals surface area contributed by atoms with E-state index >= 15 is 0 Å². The van der Waals surface area contributed by atoms with Gasteiger partial charge in [0.2, 0.25) is 5.91 Å². The second-order valence-corrected chi connectivity index (χ2v) is 5.72. The Kier molecular flexibility index (Phi) is 3.95. The third-order valence-electron chi connectivity index (χ3n) is 1.89. The minimum atomic E-state index is -3.36. The van der Waals surface area contributed by atoms with Crippen LogP contribution in [0.4, 0.5) is 11.4 Å². The zero-order chi connectivity index (χ0) is 13.1. The van der Waals surface area contributed by atoms with Crippen molar-refractivity contribution in [1.82, 2.24) is 0 Å². The number of rotatable bonds is 4. The van der Waals surface area contributed by atoms with Gasteiger partial charge in [-0.1, -0.05) is 0 Å². The molecule has 0 bridgehead atoms. The normalized spacial score (nSPS) is 10.9. The lowest BCUT2D eigenvalue weighted by atomic mass is 10.2. The van der Waals surface area contributed by atoms with Crippen molar-refractivity contribution in [2.45, 2.75) is 0 Å². The predicted octanol–water partition coefficient (Wildman–Crippen LogP) is 0.260. The van der Waals surface area contributed by atoms with Crippen molar-refractivity contribution in [2.24, 2.45) is 0 Å². The topological polar surface area (TPSA) is 98.5 Å². The molecule has 0 aromatic heterocycles. The van der Waals surface area contributed by atoms with Crippen molar-refractivity contribution in [3.05, 3.63) is 18.2 Å². The highest BCUT2D eigenvalue weighted by Gasteiger charge is 2.13. The number of methoxy groups -OCH3 is 1. The number of nitrogens with one attached hydrogen (secondary N) is 1. The van der Waals surface area contributed by atoms with E-state index in [1.165, 1.54) is 13.2 Å². The van der Waals surface area contributed by atoms with Gasteiger partial charge in [-0.15, -0.1) is 0 Å². The molecule has 0 aliphatic carbocycles. The van der Waals surface area contributed by atoms with Crippen LogP contribution in [0.2, 0.25) is 0 Å². The number of sulfone groups is 1. The molecule has 7 heteroatoms. The van der Waals surface area contributed by atoms with Gasteiger partial charge in [-0.3, -0.25) is 4.79 Å². The Morgan fingerprint density at radius 1 is 1.47 bits per heavy atom. The van der Waals surface area contributed by atoms with Crippen LogP contribution in [-0.4, -0.2) is 33.4 Å². The van der Waals surface area contributed by atoms with Crippen LogP contribution in [0.5, 0.6) is 5.75 Å². The zero-order valence-electron chi connectivity index (χ0n) is 9.56. The van der Waals surface area contributed by atoms with Crippen molar-refractivity contribution >= 4 is 27.1 Å². The fraction of sp³-hybridized carbons (Fsp3) is 0.300. The summed E-state index contributed by atoms with van der Waals surface area (Å²) in [6.07, 6.45) is 0.989. The third-order valence-corrected chi connectivity index (χ3v) is 2.68. The number of hydrogen-bond donors (Lipinski definition) is 2. The molecule has 6 nitrogen and oxygen atoms in total. The quantitative estimate of drug-likeness (QED) is 0.755. The lowest BCUT2D eigenvalue weighted by Crippen LogP contribution is -2.22. The van der Waals surface area contributed by atoms with Crippen molar-refractivity contribution in [3.63, 3.8) is 0 Å². The lowest BCUT2D eigenvalue weighted by molar-refractivity contribution is -0.113. The van der Waals surface area contributed by atoms with Gasteiger partial charge < -0.3 is 15.8 Å². The van der Waals surface area contributed by atoms with Crippen molar-refractivity contribution < 1.29 is 17.9 Å². The summed E-state index contributed by atoms with van der Waals surface area (Å²) >= 11 is 0.